The van der Waals surface area contributed by atoms with Gasteiger partial charge in [0.2, 0.25) is 0 Å². The molecule has 0 saturated heterocycles. The van der Waals surface area contributed by atoms with Crippen LogP contribution in [-0.2, 0) is 11.2 Å². The first-order chi connectivity index (χ1) is 10.9. The topological polar surface area (TPSA) is 55.4 Å². The van der Waals surface area contributed by atoms with E-state index in [0.29, 0.717) is 10.9 Å². The normalized spacial score (nSPS) is 10.5. The Morgan fingerprint density at radius 3 is 2.48 bits per heavy atom. The van der Waals surface area contributed by atoms with Gasteiger partial charge in [-0.15, -0.1) is 11.3 Å². The molecule has 0 unspecified atom stereocenters. The third-order valence-corrected chi connectivity index (χ3v) is 4.43. The standard InChI is InChI=1S/C16H15F2NO3S/c1-4-9-5-14(23-8(9)2)15(20)19-13-6-10(16(21)22-3)11(17)7-12(13)18/h5-7H,4H2,1-3H3,(H,19,20). The van der Waals surface area contributed by atoms with Gasteiger partial charge in [-0.3, -0.25) is 4.79 Å². The molecule has 0 fully saturated rings. The summed E-state index contributed by atoms with van der Waals surface area (Å²) < 4.78 is 31.8. The van der Waals surface area contributed by atoms with E-state index in [-0.39, 0.29) is 5.69 Å². The molecule has 2 rings (SSSR count). The zero-order valence-corrected chi connectivity index (χ0v) is 13.6. The average Bonchev–Trinajstić information content (AvgIpc) is 2.90. The SMILES string of the molecule is CCc1cc(C(=O)Nc2cc(C(=O)OC)c(F)cc2F)sc1C. The zero-order valence-electron chi connectivity index (χ0n) is 12.8. The molecule has 122 valence electrons. The number of halogens is 2. The summed E-state index contributed by atoms with van der Waals surface area (Å²) in [6, 6.07) is 3.20. The summed E-state index contributed by atoms with van der Waals surface area (Å²) >= 11 is 1.29. The number of esters is 1. The Morgan fingerprint density at radius 1 is 1.22 bits per heavy atom. The molecule has 2 aromatic rings. The summed E-state index contributed by atoms with van der Waals surface area (Å²) in [4.78, 5) is 25.1. The maximum absolute atomic E-state index is 13.8. The van der Waals surface area contributed by atoms with Crippen LogP contribution < -0.4 is 5.32 Å². The zero-order chi connectivity index (χ0) is 17.1. The molecule has 1 aromatic heterocycles. The van der Waals surface area contributed by atoms with Crippen LogP contribution in [0.15, 0.2) is 18.2 Å². The summed E-state index contributed by atoms with van der Waals surface area (Å²) in [7, 11) is 1.09. The van der Waals surface area contributed by atoms with Gasteiger partial charge in [0, 0.05) is 10.9 Å². The smallest absolute Gasteiger partial charge is 0.340 e. The molecule has 0 radical (unpaired) electrons. The minimum absolute atomic E-state index is 0.277. The number of nitrogens with one attached hydrogen (secondary N) is 1. The van der Waals surface area contributed by atoms with Crippen molar-refractivity contribution >= 4 is 28.9 Å². The van der Waals surface area contributed by atoms with Gasteiger partial charge in [-0.05, 0) is 31.0 Å². The van der Waals surface area contributed by atoms with Crippen molar-refractivity contribution in [3.63, 3.8) is 0 Å². The summed E-state index contributed by atoms with van der Waals surface area (Å²) in [5.41, 5.74) is 0.316. The van der Waals surface area contributed by atoms with E-state index in [2.05, 4.69) is 10.1 Å². The van der Waals surface area contributed by atoms with Crippen molar-refractivity contribution in [1.29, 1.82) is 0 Å². The number of hydrogen-bond acceptors (Lipinski definition) is 4. The van der Waals surface area contributed by atoms with E-state index < -0.39 is 29.1 Å². The number of carbonyl (C=O) groups is 2. The van der Waals surface area contributed by atoms with E-state index in [1.54, 1.807) is 6.07 Å². The van der Waals surface area contributed by atoms with Gasteiger partial charge in [0.05, 0.1) is 23.2 Å². The highest BCUT2D eigenvalue weighted by molar-refractivity contribution is 7.14. The monoisotopic (exact) mass is 339 g/mol. The van der Waals surface area contributed by atoms with E-state index in [0.717, 1.165) is 30.0 Å². The van der Waals surface area contributed by atoms with Gasteiger partial charge >= 0.3 is 5.97 Å². The number of hydrogen-bond donors (Lipinski definition) is 1. The first-order valence-electron chi connectivity index (χ1n) is 6.85. The second-order valence-electron chi connectivity index (χ2n) is 4.80. The number of anilines is 1. The minimum Gasteiger partial charge on any atom is -0.465 e. The van der Waals surface area contributed by atoms with Crippen molar-refractivity contribution < 1.29 is 23.1 Å². The number of aryl methyl sites for hydroxylation is 2. The van der Waals surface area contributed by atoms with Crippen LogP contribution in [0, 0.1) is 18.6 Å². The predicted octanol–water partition coefficient (Wildman–Crippen LogP) is 3.94. The van der Waals surface area contributed by atoms with Crippen LogP contribution in [0.4, 0.5) is 14.5 Å². The van der Waals surface area contributed by atoms with E-state index in [4.69, 9.17) is 0 Å². The van der Waals surface area contributed by atoms with Crippen LogP contribution in [0.3, 0.4) is 0 Å². The summed E-state index contributed by atoms with van der Waals surface area (Å²) in [6.45, 7) is 3.87. The summed E-state index contributed by atoms with van der Waals surface area (Å²) in [5, 5.41) is 2.36. The fourth-order valence-corrected chi connectivity index (χ4v) is 3.09. The molecule has 0 bridgehead atoms. The second-order valence-corrected chi connectivity index (χ2v) is 6.06. The minimum atomic E-state index is -1.05. The molecule has 7 heteroatoms. The number of rotatable bonds is 4. The molecule has 1 amide bonds. The first kappa shape index (κ1) is 17.1. The number of amides is 1. The van der Waals surface area contributed by atoms with Crippen LogP contribution >= 0.6 is 11.3 Å². The van der Waals surface area contributed by atoms with Crippen LogP contribution in [0.5, 0.6) is 0 Å². The Kier molecular flexibility index (Phi) is 5.10. The van der Waals surface area contributed by atoms with Gasteiger partial charge in [-0.2, -0.15) is 0 Å². The van der Waals surface area contributed by atoms with E-state index in [9.17, 15) is 18.4 Å². The molecular formula is C16H15F2NO3S. The first-order valence-corrected chi connectivity index (χ1v) is 7.67. The molecule has 0 atom stereocenters. The molecule has 23 heavy (non-hydrogen) atoms. The van der Waals surface area contributed by atoms with Crippen molar-refractivity contribution in [3.05, 3.63) is 50.7 Å². The highest BCUT2D eigenvalue weighted by Crippen LogP contribution is 2.25. The lowest BCUT2D eigenvalue weighted by atomic mass is 10.1. The number of thiophene rings is 1. The maximum atomic E-state index is 13.8. The van der Waals surface area contributed by atoms with Crippen LogP contribution in [-0.4, -0.2) is 19.0 Å². The Morgan fingerprint density at radius 2 is 1.91 bits per heavy atom. The fraction of sp³-hybridized carbons (Fsp3) is 0.250. The van der Waals surface area contributed by atoms with Gasteiger partial charge < -0.3 is 10.1 Å². The van der Waals surface area contributed by atoms with Crippen molar-refractivity contribution in [2.75, 3.05) is 12.4 Å². The van der Waals surface area contributed by atoms with Crippen molar-refractivity contribution in [2.24, 2.45) is 0 Å². The number of ether oxygens (including phenoxy) is 1. The fourth-order valence-electron chi connectivity index (χ4n) is 2.08. The van der Waals surface area contributed by atoms with Crippen molar-refractivity contribution in [1.82, 2.24) is 0 Å². The van der Waals surface area contributed by atoms with Crippen LogP contribution in [0.1, 0.15) is 37.4 Å². The van der Waals surface area contributed by atoms with Gasteiger partial charge in [-0.1, -0.05) is 6.92 Å². The average molecular weight is 339 g/mol. The molecule has 1 aromatic carbocycles. The Bertz CT molecular complexity index is 771. The Labute approximate surface area is 136 Å². The number of methoxy groups -OCH3 is 1. The van der Waals surface area contributed by atoms with Crippen molar-refractivity contribution in [3.8, 4) is 0 Å². The third-order valence-electron chi connectivity index (χ3n) is 3.34. The molecular weight excluding hydrogens is 324 g/mol. The molecule has 0 aliphatic rings. The van der Waals surface area contributed by atoms with Gasteiger partial charge in [0.25, 0.3) is 5.91 Å². The van der Waals surface area contributed by atoms with E-state index in [1.807, 2.05) is 13.8 Å². The number of carbonyl (C=O) groups excluding carboxylic acids is 2. The highest BCUT2D eigenvalue weighted by Gasteiger charge is 2.19. The van der Waals surface area contributed by atoms with Gasteiger partial charge in [0.1, 0.15) is 11.6 Å². The summed E-state index contributed by atoms with van der Waals surface area (Å²) in [5.74, 6) is -3.47. The lowest BCUT2D eigenvalue weighted by Crippen LogP contribution is -2.13. The number of benzene rings is 1. The Balaban J connectivity index is 2.31. The highest BCUT2D eigenvalue weighted by atomic mass is 32.1. The van der Waals surface area contributed by atoms with E-state index >= 15 is 0 Å². The lowest BCUT2D eigenvalue weighted by Gasteiger charge is -2.08. The predicted molar refractivity (Wildman–Crippen MR) is 84.1 cm³/mol. The molecule has 0 aliphatic heterocycles. The van der Waals surface area contributed by atoms with Crippen LogP contribution in [0.2, 0.25) is 0 Å². The second kappa shape index (κ2) is 6.87. The van der Waals surface area contributed by atoms with Crippen molar-refractivity contribution in [2.45, 2.75) is 20.3 Å². The largest absolute Gasteiger partial charge is 0.465 e. The molecule has 0 saturated carbocycles. The third kappa shape index (κ3) is 3.56. The summed E-state index contributed by atoms with van der Waals surface area (Å²) in [6.07, 6.45) is 0.785. The molecule has 0 aliphatic carbocycles. The molecule has 1 heterocycles. The molecule has 4 nitrogen and oxygen atoms in total. The Hall–Kier alpha value is -2.28. The quantitative estimate of drug-likeness (QED) is 0.859. The molecule has 0 spiro atoms. The van der Waals surface area contributed by atoms with E-state index in [1.165, 1.54) is 11.3 Å². The van der Waals surface area contributed by atoms with Gasteiger partial charge in [0.15, 0.2) is 0 Å². The maximum Gasteiger partial charge on any atom is 0.340 e. The lowest BCUT2D eigenvalue weighted by molar-refractivity contribution is 0.0595. The molecule has 1 N–H and O–H groups in total. The van der Waals surface area contributed by atoms with Crippen LogP contribution in [0.25, 0.3) is 0 Å². The van der Waals surface area contributed by atoms with Gasteiger partial charge in [-0.25, -0.2) is 13.6 Å².